The number of rotatable bonds is 8. The van der Waals surface area contributed by atoms with E-state index < -0.39 is 13.7 Å². The van der Waals surface area contributed by atoms with E-state index in [2.05, 4.69) is 46.2 Å². The van der Waals surface area contributed by atoms with Crippen LogP contribution in [0.15, 0.2) is 28.7 Å². The van der Waals surface area contributed by atoms with Crippen LogP contribution in [0, 0.1) is 6.92 Å². The summed E-state index contributed by atoms with van der Waals surface area (Å²) in [7, 11) is -3.16. The van der Waals surface area contributed by atoms with Gasteiger partial charge in [-0.25, -0.2) is 4.57 Å². The van der Waals surface area contributed by atoms with Crippen molar-refractivity contribution in [3.8, 4) is 11.5 Å². The number of tetrazole rings is 1. The summed E-state index contributed by atoms with van der Waals surface area (Å²) < 4.78 is 15.8. The number of aromatic amines is 1. The van der Waals surface area contributed by atoms with Gasteiger partial charge in [0.1, 0.15) is 5.69 Å². The van der Waals surface area contributed by atoms with E-state index in [1.54, 1.807) is 31.2 Å². The minimum atomic E-state index is -4.60. The Labute approximate surface area is 212 Å². The molecule has 0 bridgehead atoms. The molecule has 0 aliphatic carbocycles. The zero-order valence-corrected chi connectivity index (χ0v) is 18.8. The molecule has 0 spiro atoms. The van der Waals surface area contributed by atoms with Crippen molar-refractivity contribution in [2.75, 3.05) is 13.7 Å². The van der Waals surface area contributed by atoms with Gasteiger partial charge >= 0.3 is 37.4 Å². The molecule has 0 fully saturated rings. The summed E-state index contributed by atoms with van der Waals surface area (Å²) in [6, 6.07) is 6.79. The van der Waals surface area contributed by atoms with Gasteiger partial charge in [0.15, 0.2) is 5.78 Å². The minimum absolute atomic E-state index is 0. The molecule has 3 rings (SSSR count). The third kappa shape index (κ3) is 6.21. The number of carbonyl (C=O) groups is 2. The maximum atomic E-state index is 13.2. The number of hydrogen-bond donors (Lipinski definition) is 4. The SMILES string of the molecule is CNC(=O)c1[nH]c(-c2nnn(CCOP(=O)(O)O)n2)c(C)c1C(=O)c1cccc(Br)c1.[NaH]. The molecule has 0 aliphatic rings. The van der Waals surface area contributed by atoms with Gasteiger partial charge in [0, 0.05) is 17.1 Å². The molecular formula is C17H19BrN6NaO6P. The fourth-order valence-corrected chi connectivity index (χ4v) is 3.57. The number of halogens is 1. The summed E-state index contributed by atoms with van der Waals surface area (Å²) in [6.07, 6.45) is 0. The fraction of sp³-hybridized carbons (Fsp3) is 0.235. The fourth-order valence-electron chi connectivity index (χ4n) is 2.85. The zero-order chi connectivity index (χ0) is 22.8. The Bertz CT molecular complexity index is 1190. The average Bonchev–Trinajstić information content (AvgIpc) is 3.30. The number of H-pyrrole nitrogens is 1. The second kappa shape index (κ2) is 10.9. The van der Waals surface area contributed by atoms with Crippen molar-refractivity contribution in [3.63, 3.8) is 0 Å². The van der Waals surface area contributed by atoms with Crippen molar-refractivity contribution in [2.45, 2.75) is 13.5 Å². The molecule has 1 aromatic carbocycles. The number of nitrogens with zero attached hydrogens (tertiary/aromatic N) is 4. The first-order valence-electron chi connectivity index (χ1n) is 8.84. The van der Waals surface area contributed by atoms with Crippen molar-refractivity contribution in [2.24, 2.45) is 0 Å². The van der Waals surface area contributed by atoms with Crippen molar-refractivity contribution < 1.29 is 28.5 Å². The second-order valence-electron chi connectivity index (χ2n) is 6.33. The number of ketones is 1. The van der Waals surface area contributed by atoms with Crippen LogP contribution in [-0.4, -0.2) is 89.9 Å². The number of hydrogen-bond acceptors (Lipinski definition) is 7. The monoisotopic (exact) mass is 536 g/mol. The Hall–Kier alpha value is -1.70. The van der Waals surface area contributed by atoms with Gasteiger partial charge in [-0.05, 0) is 29.8 Å². The number of phosphoric ester groups is 1. The molecule has 0 saturated carbocycles. The first-order valence-corrected chi connectivity index (χ1v) is 11.2. The van der Waals surface area contributed by atoms with E-state index in [1.165, 1.54) is 7.05 Å². The first kappa shape index (κ1) is 26.6. The van der Waals surface area contributed by atoms with Crippen molar-refractivity contribution in [1.29, 1.82) is 0 Å². The molecule has 0 aliphatic heterocycles. The topological polar surface area (TPSA) is 172 Å². The maximum absolute atomic E-state index is 13.2. The third-order valence-electron chi connectivity index (χ3n) is 4.25. The number of carbonyl (C=O) groups excluding carboxylic acids is 2. The van der Waals surface area contributed by atoms with Gasteiger partial charge in [-0.1, -0.05) is 28.1 Å². The summed E-state index contributed by atoms with van der Waals surface area (Å²) in [6.45, 7) is 1.25. The molecule has 1 amide bonds. The molecule has 166 valence electrons. The predicted molar refractivity (Wildman–Crippen MR) is 118 cm³/mol. The van der Waals surface area contributed by atoms with Crippen LogP contribution in [0.5, 0.6) is 0 Å². The second-order valence-corrected chi connectivity index (χ2v) is 8.48. The van der Waals surface area contributed by atoms with Gasteiger partial charge in [0.25, 0.3) is 5.91 Å². The van der Waals surface area contributed by atoms with Gasteiger partial charge in [0.05, 0.1) is 24.4 Å². The Morgan fingerprint density at radius 2 is 2.06 bits per heavy atom. The average molecular weight is 537 g/mol. The van der Waals surface area contributed by atoms with E-state index in [0.29, 0.717) is 16.8 Å². The standard InChI is InChI=1S/C17H18BrN6O6P.Na.H/c1-9-12(15(25)10-4-3-5-11(18)8-10)14(17(26)19-2)20-13(9)16-21-23-24(22-16)6-7-30-31(27,28)29;;/h3-5,8,20H,6-7H2,1-2H3,(H,19,26)(H2,27,28,29);;. The Morgan fingerprint density at radius 1 is 1.34 bits per heavy atom. The van der Waals surface area contributed by atoms with Crippen LogP contribution >= 0.6 is 23.8 Å². The Balaban J connectivity index is 0.00000363. The number of nitrogens with one attached hydrogen (secondary N) is 2. The Morgan fingerprint density at radius 3 is 2.69 bits per heavy atom. The van der Waals surface area contributed by atoms with Gasteiger partial charge in [-0.15, -0.1) is 10.2 Å². The molecule has 4 N–H and O–H groups in total. The normalized spacial score (nSPS) is 11.2. The van der Waals surface area contributed by atoms with Gasteiger partial charge in [-0.2, -0.15) is 4.80 Å². The summed E-state index contributed by atoms with van der Waals surface area (Å²) in [5.41, 5.74) is 1.39. The molecule has 0 atom stereocenters. The summed E-state index contributed by atoms with van der Waals surface area (Å²) >= 11 is 3.33. The van der Waals surface area contributed by atoms with Gasteiger partial charge < -0.3 is 20.1 Å². The van der Waals surface area contributed by atoms with Crippen LogP contribution in [0.2, 0.25) is 0 Å². The molecule has 0 radical (unpaired) electrons. The van der Waals surface area contributed by atoms with Crippen molar-refractivity contribution >= 4 is 65.0 Å². The van der Waals surface area contributed by atoms with E-state index in [4.69, 9.17) is 9.79 Å². The molecular weight excluding hydrogens is 518 g/mol. The molecule has 3 aromatic rings. The number of amides is 1. The van der Waals surface area contributed by atoms with Crippen LogP contribution in [0.3, 0.4) is 0 Å². The molecule has 2 heterocycles. The Kier molecular flexibility index (Phi) is 9.08. The van der Waals surface area contributed by atoms with Gasteiger partial charge in [0.2, 0.25) is 5.82 Å². The molecule has 12 nitrogen and oxygen atoms in total. The van der Waals surface area contributed by atoms with E-state index >= 15 is 0 Å². The van der Waals surface area contributed by atoms with Crippen molar-refractivity contribution in [3.05, 3.63) is 51.1 Å². The molecule has 32 heavy (non-hydrogen) atoms. The van der Waals surface area contributed by atoms with Gasteiger partial charge in [-0.3, -0.25) is 14.1 Å². The van der Waals surface area contributed by atoms with Crippen LogP contribution < -0.4 is 5.32 Å². The number of phosphoric acid groups is 1. The number of benzene rings is 1. The zero-order valence-electron chi connectivity index (χ0n) is 16.4. The summed E-state index contributed by atoms with van der Waals surface area (Å²) in [4.78, 5) is 47.0. The summed E-state index contributed by atoms with van der Waals surface area (Å²) in [5.74, 6) is -0.746. The predicted octanol–water partition coefficient (Wildman–Crippen LogP) is 0.791. The van der Waals surface area contributed by atoms with Crippen LogP contribution in [0.4, 0.5) is 0 Å². The number of aromatic nitrogens is 5. The molecule has 0 unspecified atom stereocenters. The first-order chi connectivity index (χ1) is 14.6. The van der Waals surface area contributed by atoms with E-state index in [9.17, 15) is 14.2 Å². The van der Waals surface area contributed by atoms with E-state index in [-0.39, 0.29) is 65.6 Å². The van der Waals surface area contributed by atoms with Crippen LogP contribution in [0.25, 0.3) is 11.5 Å². The van der Waals surface area contributed by atoms with Crippen molar-refractivity contribution in [1.82, 2.24) is 30.5 Å². The molecule has 15 heteroatoms. The summed E-state index contributed by atoms with van der Waals surface area (Å²) in [5, 5.41) is 14.3. The third-order valence-corrected chi connectivity index (χ3v) is 5.26. The van der Waals surface area contributed by atoms with Crippen LogP contribution in [-0.2, 0) is 15.6 Å². The quantitative estimate of drug-likeness (QED) is 0.184. The molecule has 2 aromatic heterocycles. The van der Waals surface area contributed by atoms with E-state index in [0.717, 1.165) is 9.27 Å². The van der Waals surface area contributed by atoms with Crippen LogP contribution in [0.1, 0.15) is 32.0 Å². The molecule has 0 saturated heterocycles. The van der Waals surface area contributed by atoms with E-state index in [1.807, 2.05) is 0 Å².